The molecule has 0 saturated carbocycles. The first-order valence-corrected chi connectivity index (χ1v) is 11.0. The van der Waals surface area contributed by atoms with E-state index < -0.39 is 48.0 Å². The zero-order valence-corrected chi connectivity index (χ0v) is 18.8. The van der Waals surface area contributed by atoms with Gasteiger partial charge in [-0.05, 0) is 46.6 Å². The van der Waals surface area contributed by atoms with E-state index in [1.165, 1.54) is 18.0 Å². The van der Waals surface area contributed by atoms with Crippen molar-refractivity contribution in [3.8, 4) is 0 Å². The molecule has 1 aliphatic rings. The average molecular weight is 518 g/mol. The number of halogens is 3. The molecule has 6 N–H and O–H groups in total. The van der Waals surface area contributed by atoms with Crippen LogP contribution in [0, 0.1) is 18.6 Å². The zero-order valence-electron chi connectivity index (χ0n) is 16.4. The third kappa shape index (κ3) is 5.54. The van der Waals surface area contributed by atoms with E-state index in [9.17, 15) is 24.1 Å². The lowest BCUT2D eigenvalue weighted by molar-refractivity contribution is -0.164. The smallest absolute Gasteiger partial charge is 0.141 e. The van der Waals surface area contributed by atoms with Crippen molar-refractivity contribution in [2.45, 2.75) is 41.6 Å². The molecular weight excluding hydrogens is 496 g/mol. The van der Waals surface area contributed by atoms with Gasteiger partial charge in [-0.15, -0.1) is 0 Å². The normalized spacial score (nSPS) is 26.7. The third-order valence-electron chi connectivity index (χ3n) is 4.74. The van der Waals surface area contributed by atoms with Crippen molar-refractivity contribution in [2.24, 2.45) is 5.73 Å². The summed E-state index contributed by atoms with van der Waals surface area (Å²) in [4.78, 5) is 4.84. The first kappa shape index (κ1) is 23.9. The largest absolute Gasteiger partial charge is 0.397 e. The van der Waals surface area contributed by atoms with Crippen LogP contribution in [0.3, 0.4) is 0 Å². The summed E-state index contributed by atoms with van der Waals surface area (Å²) in [6.45, 7) is 1.40. The molecule has 5 atom stereocenters. The molecule has 1 saturated heterocycles. The Kier molecular flexibility index (Phi) is 7.89. The van der Waals surface area contributed by atoms with Gasteiger partial charge in [-0.1, -0.05) is 11.8 Å². The Morgan fingerprint density at radius 2 is 1.94 bits per heavy atom. The van der Waals surface area contributed by atoms with Gasteiger partial charge >= 0.3 is 0 Å². The van der Waals surface area contributed by atoms with E-state index in [0.29, 0.717) is 0 Å². The number of hydrogen-bond donors (Lipinski definition) is 5. The van der Waals surface area contributed by atoms with Crippen molar-refractivity contribution in [1.29, 1.82) is 0 Å². The molecule has 0 amide bonds. The van der Waals surface area contributed by atoms with Gasteiger partial charge in [-0.2, -0.15) is 0 Å². The maximum absolute atomic E-state index is 13.8. The minimum Gasteiger partial charge on any atom is -0.397 e. The van der Waals surface area contributed by atoms with Crippen LogP contribution in [0.2, 0.25) is 0 Å². The lowest BCUT2D eigenvalue weighted by Gasteiger charge is -2.42. The van der Waals surface area contributed by atoms with Crippen LogP contribution in [-0.4, -0.2) is 56.7 Å². The van der Waals surface area contributed by atoms with Crippen LogP contribution >= 0.6 is 27.7 Å². The SMILES string of the molecule is Cc1cncc(SC2OC(CO)C(O)C(N/C=C(\N)c3cc(F)c(Br)c(F)c3)C2O)c1. The Morgan fingerprint density at radius 3 is 2.55 bits per heavy atom. The summed E-state index contributed by atoms with van der Waals surface area (Å²) in [6.07, 6.45) is 1.11. The summed E-state index contributed by atoms with van der Waals surface area (Å²) in [5.41, 5.74) is 6.10. The second-order valence-corrected chi connectivity index (χ2v) is 9.03. The summed E-state index contributed by atoms with van der Waals surface area (Å²) in [7, 11) is 0. The number of ether oxygens (including phenoxy) is 1. The number of hydrogen-bond acceptors (Lipinski definition) is 8. The predicted octanol–water partition coefficient (Wildman–Crippen LogP) is 1.88. The number of nitrogens with two attached hydrogens (primary N) is 1. The van der Waals surface area contributed by atoms with Gasteiger partial charge in [0, 0.05) is 29.1 Å². The average Bonchev–Trinajstić information content (AvgIpc) is 2.73. The Balaban J connectivity index is 1.80. The van der Waals surface area contributed by atoms with Gasteiger partial charge in [-0.25, -0.2) is 8.78 Å². The highest BCUT2D eigenvalue weighted by Gasteiger charge is 2.44. The maximum atomic E-state index is 13.8. The van der Waals surface area contributed by atoms with Crippen molar-refractivity contribution < 1.29 is 28.8 Å². The number of nitrogens with one attached hydrogen (secondary N) is 1. The Morgan fingerprint density at radius 1 is 1.26 bits per heavy atom. The molecule has 1 fully saturated rings. The number of pyridine rings is 1. The number of aromatic nitrogens is 1. The molecule has 5 unspecified atom stereocenters. The molecule has 3 rings (SSSR count). The summed E-state index contributed by atoms with van der Waals surface area (Å²) >= 11 is 3.99. The van der Waals surface area contributed by atoms with Gasteiger partial charge in [0.05, 0.1) is 22.8 Å². The standard InChI is InChI=1S/C20H22BrF2N3O4S/c1-9-2-11(6-25-5-9)31-20-19(29)17(18(28)15(8-27)30-20)26-7-14(24)10-3-12(22)16(21)13(23)4-10/h2-7,15,17-20,26-29H,8,24H2,1H3/b14-7-. The van der Waals surface area contributed by atoms with E-state index in [1.54, 1.807) is 12.4 Å². The number of rotatable bonds is 6. The van der Waals surface area contributed by atoms with E-state index >= 15 is 0 Å². The molecular formula is C20H22BrF2N3O4S. The lowest BCUT2D eigenvalue weighted by Crippen LogP contribution is -2.62. The molecule has 168 valence electrons. The van der Waals surface area contributed by atoms with Crippen LogP contribution in [-0.2, 0) is 4.74 Å². The Hall–Kier alpha value is -1.76. The fraction of sp³-hybridized carbons (Fsp3) is 0.350. The number of benzene rings is 1. The minimum atomic E-state index is -1.27. The molecule has 2 aromatic rings. The Labute approximate surface area is 190 Å². The van der Waals surface area contributed by atoms with Crippen LogP contribution in [0.5, 0.6) is 0 Å². The summed E-state index contributed by atoms with van der Waals surface area (Å²) in [6, 6.07) is 3.00. The molecule has 0 spiro atoms. The van der Waals surface area contributed by atoms with Gasteiger partial charge in [0.15, 0.2) is 0 Å². The van der Waals surface area contributed by atoms with Crippen molar-refractivity contribution in [2.75, 3.05) is 6.61 Å². The highest BCUT2D eigenvalue weighted by atomic mass is 79.9. The quantitative estimate of drug-likeness (QED) is 0.368. The number of aliphatic hydroxyl groups excluding tert-OH is 3. The molecule has 0 radical (unpaired) electrons. The van der Waals surface area contributed by atoms with Crippen molar-refractivity contribution >= 4 is 33.4 Å². The van der Waals surface area contributed by atoms with E-state index in [-0.39, 0.29) is 15.7 Å². The van der Waals surface area contributed by atoms with E-state index in [2.05, 4.69) is 26.2 Å². The van der Waals surface area contributed by atoms with Gasteiger partial charge < -0.3 is 31.1 Å². The van der Waals surface area contributed by atoms with Gasteiger partial charge in [0.2, 0.25) is 0 Å². The fourth-order valence-corrected chi connectivity index (χ4v) is 4.48. The molecule has 7 nitrogen and oxygen atoms in total. The lowest BCUT2D eigenvalue weighted by atomic mass is 9.97. The number of aryl methyl sites for hydroxylation is 1. The second kappa shape index (κ2) is 10.2. The minimum absolute atomic E-state index is 0.0103. The third-order valence-corrected chi connectivity index (χ3v) is 6.61. The molecule has 1 aromatic carbocycles. The number of aliphatic hydroxyl groups is 3. The molecule has 0 aliphatic carbocycles. The summed E-state index contributed by atoms with van der Waals surface area (Å²) < 4.78 is 32.9. The van der Waals surface area contributed by atoms with Gasteiger partial charge in [0.1, 0.15) is 35.4 Å². The van der Waals surface area contributed by atoms with Gasteiger partial charge in [0.25, 0.3) is 0 Å². The van der Waals surface area contributed by atoms with E-state index in [1.807, 2.05) is 13.0 Å². The summed E-state index contributed by atoms with van der Waals surface area (Å²) in [5, 5.41) is 33.7. The van der Waals surface area contributed by atoms with Gasteiger partial charge in [-0.3, -0.25) is 4.98 Å². The van der Waals surface area contributed by atoms with Crippen LogP contribution in [0.1, 0.15) is 11.1 Å². The highest BCUT2D eigenvalue weighted by Crippen LogP contribution is 2.33. The molecule has 2 heterocycles. The van der Waals surface area contributed by atoms with Crippen LogP contribution in [0.15, 0.2) is 46.2 Å². The van der Waals surface area contributed by atoms with Crippen molar-refractivity contribution in [3.05, 3.63) is 64.0 Å². The topological polar surface area (TPSA) is 121 Å². The molecule has 1 aromatic heterocycles. The first-order chi connectivity index (χ1) is 14.7. The van der Waals surface area contributed by atoms with Crippen LogP contribution in [0.25, 0.3) is 5.70 Å². The molecule has 11 heteroatoms. The highest BCUT2D eigenvalue weighted by molar-refractivity contribution is 9.10. The number of thioether (sulfide) groups is 1. The second-order valence-electron chi connectivity index (χ2n) is 7.07. The Bertz CT molecular complexity index is 945. The monoisotopic (exact) mass is 517 g/mol. The zero-order chi connectivity index (χ0) is 22.7. The first-order valence-electron chi connectivity index (χ1n) is 9.28. The van der Waals surface area contributed by atoms with Crippen molar-refractivity contribution in [3.63, 3.8) is 0 Å². The molecule has 0 bridgehead atoms. The summed E-state index contributed by atoms with van der Waals surface area (Å²) in [5.74, 6) is -1.64. The maximum Gasteiger partial charge on any atom is 0.141 e. The van der Waals surface area contributed by atoms with Crippen molar-refractivity contribution in [1.82, 2.24) is 10.3 Å². The molecule has 1 aliphatic heterocycles. The predicted molar refractivity (Wildman–Crippen MR) is 116 cm³/mol. The van der Waals surface area contributed by atoms with Crippen LogP contribution < -0.4 is 11.1 Å². The molecule has 31 heavy (non-hydrogen) atoms. The van der Waals surface area contributed by atoms with Crippen LogP contribution in [0.4, 0.5) is 8.78 Å². The van der Waals surface area contributed by atoms with E-state index in [4.69, 9.17) is 10.5 Å². The number of nitrogens with zero attached hydrogens (tertiary/aromatic N) is 1. The van der Waals surface area contributed by atoms with E-state index in [0.717, 1.165) is 22.6 Å². The fourth-order valence-electron chi connectivity index (χ4n) is 3.10.